The van der Waals surface area contributed by atoms with Gasteiger partial charge in [-0.1, -0.05) is 12.1 Å². The van der Waals surface area contributed by atoms with Crippen LogP contribution in [0.25, 0.3) is 0 Å². The van der Waals surface area contributed by atoms with Crippen LogP contribution in [0.1, 0.15) is 34.3 Å². The van der Waals surface area contributed by atoms with Crippen molar-refractivity contribution < 1.29 is 32.2 Å². The second-order valence-corrected chi connectivity index (χ2v) is 9.14. The Labute approximate surface area is 224 Å². The highest BCUT2D eigenvalue weighted by atomic mass is 19.4. The number of likely N-dealkylation sites (tertiary alicyclic amines) is 1. The fourth-order valence-corrected chi connectivity index (χ4v) is 4.12. The van der Waals surface area contributed by atoms with Crippen LogP contribution in [0.5, 0.6) is 17.4 Å². The Morgan fingerprint density at radius 3 is 2.56 bits per heavy atom. The van der Waals surface area contributed by atoms with Crippen LogP contribution in [0, 0.1) is 0 Å². The molecule has 0 bridgehead atoms. The van der Waals surface area contributed by atoms with E-state index in [1.807, 2.05) is 7.05 Å². The van der Waals surface area contributed by atoms with Crippen LogP contribution in [0.15, 0.2) is 48.7 Å². The summed E-state index contributed by atoms with van der Waals surface area (Å²) in [5.74, 6) is -0.143. The first-order valence-electron chi connectivity index (χ1n) is 12.3. The van der Waals surface area contributed by atoms with Crippen LogP contribution in [-0.2, 0) is 12.8 Å². The highest BCUT2D eigenvalue weighted by Gasteiger charge is 2.36. The molecule has 1 fully saturated rings. The molecule has 0 spiro atoms. The number of amides is 1. The molecular formula is C27H30F3N5O4. The third-order valence-electron chi connectivity index (χ3n) is 6.33. The van der Waals surface area contributed by atoms with Gasteiger partial charge in [0.2, 0.25) is 11.8 Å². The number of ether oxygens (including phenoxy) is 3. The van der Waals surface area contributed by atoms with Gasteiger partial charge in [-0.05, 0) is 68.9 Å². The first-order chi connectivity index (χ1) is 18.7. The van der Waals surface area contributed by atoms with Crippen molar-refractivity contribution in [3.63, 3.8) is 0 Å². The Balaban J connectivity index is 1.51. The van der Waals surface area contributed by atoms with E-state index in [1.165, 1.54) is 14.2 Å². The highest BCUT2D eigenvalue weighted by molar-refractivity contribution is 5.95. The molecule has 2 heterocycles. The van der Waals surface area contributed by atoms with Gasteiger partial charge in [-0.25, -0.2) is 4.98 Å². The van der Waals surface area contributed by atoms with Gasteiger partial charge < -0.3 is 29.7 Å². The number of hydrogen-bond donors (Lipinski definition) is 2. The van der Waals surface area contributed by atoms with E-state index >= 15 is 0 Å². The van der Waals surface area contributed by atoms with Crippen molar-refractivity contribution in [2.45, 2.75) is 31.7 Å². The lowest BCUT2D eigenvalue weighted by molar-refractivity contribution is -0.139. The zero-order valence-corrected chi connectivity index (χ0v) is 21.8. The summed E-state index contributed by atoms with van der Waals surface area (Å²) >= 11 is 0. The predicted molar refractivity (Wildman–Crippen MR) is 139 cm³/mol. The number of methoxy groups -OCH3 is 2. The lowest BCUT2D eigenvalue weighted by atomic mass is 10.0. The normalized spacial score (nSPS) is 14.5. The smallest absolute Gasteiger partial charge is 0.423 e. The minimum atomic E-state index is -4.72. The lowest BCUT2D eigenvalue weighted by Crippen LogP contribution is -2.43. The molecule has 2 N–H and O–H groups in total. The van der Waals surface area contributed by atoms with Gasteiger partial charge in [0, 0.05) is 17.8 Å². The van der Waals surface area contributed by atoms with Gasteiger partial charge in [-0.3, -0.25) is 4.79 Å². The van der Waals surface area contributed by atoms with E-state index in [1.54, 1.807) is 42.5 Å². The lowest BCUT2D eigenvalue weighted by Gasteiger charge is -2.29. The third kappa shape index (κ3) is 7.29. The summed E-state index contributed by atoms with van der Waals surface area (Å²) in [5.41, 5.74) is 0.258. The molecule has 4 rings (SSSR count). The molecule has 0 unspecified atom stereocenters. The van der Waals surface area contributed by atoms with Gasteiger partial charge in [0.05, 0.1) is 19.9 Å². The summed E-state index contributed by atoms with van der Waals surface area (Å²) in [6.07, 6.45) is -2.33. The highest BCUT2D eigenvalue weighted by Crippen LogP contribution is 2.36. The molecule has 1 aromatic heterocycles. The molecule has 208 valence electrons. The van der Waals surface area contributed by atoms with Gasteiger partial charge in [0.15, 0.2) is 0 Å². The maximum Gasteiger partial charge on any atom is 0.423 e. The van der Waals surface area contributed by atoms with Gasteiger partial charge >= 0.3 is 6.18 Å². The topological polar surface area (TPSA) is 97.8 Å². The van der Waals surface area contributed by atoms with Crippen molar-refractivity contribution in [1.29, 1.82) is 0 Å². The number of rotatable bonds is 9. The molecule has 1 aliphatic heterocycles. The van der Waals surface area contributed by atoms with Gasteiger partial charge in [-0.15, -0.1) is 0 Å². The van der Waals surface area contributed by atoms with Gasteiger partial charge in [-0.2, -0.15) is 18.2 Å². The maximum absolute atomic E-state index is 13.6. The zero-order valence-electron chi connectivity index (χ0n) is 21.8. The quantitative estimate of drug-likeness (QED) is 0.401. The second kappa shape index (κ2) is 12.2. The fraction of sp³-hybridized carbons (Fsp3) is 0.370. The van der Waals surface area contributed by atoms with Crippen molar-refractivity contribution in [3.05, 3.63) is 65.4 Å². The van der Waals surface area contributed by atoms with Crippen LogP contribution < -0.4 is 24.8 Å². The molecule has 0 aliphatic carbocycles. The minimum Gasteiger partial charge on any atom is -0.497 e. The Morgan fingerprint density at radius 2 is 1.87 bits per heavy atom. The summed E-state index contributed by atoms with van der Waals surface area (Å²) in [6, 6.07) is 11.6. The number of nitrogens with zero attached hydrogens (tertiary/aromatic N) is 3. The van der Waals surface area contributed by atoms with Crippen LogP contribution >= 0.6 is 0 Å². The van der Waals surface area contributed by atoms with Crippen molar-refractivity contribution in [3.8, 4) is 17.4 Å². The summed E-state index contributed by atoms with van der Waals surface area (Å²) in [7, 11) is 4.97. The minimum absolute atomic E-state index is 0.0911. The number of carbonyl (C=O) groups is 1. The Kier molecular flexibility index (Phi) is 8.75. The molecule has 3 aromatic rings. The number of halogens is 3. The first kappa shape index (κ1) is 28.0. The average molecular weight is 546 g/mol. The van der Waals surface area contributed by atoms with Crippen LogP contribution in [0.2, 0.25) is 0 Å². The molecule has 9 nitrogen and oxygen atoms in total. The number of piperidine rings is 1. The molecular weight excluding hydrogens is 515 g/mol. The molecule has 0 atom stereocenters. The largest absolute Gasteiger partial charge is 0.497 e. The van der Waals surface area contributed by atoms with E-state index in [-0.39, 0.29) is 24.5 Å². The second-order valence-electron chi connectivity index (χ2n) is 9.14. The zero-order chi connectivity index (χ0) is 28.0. The Morgan fingerprint density at radius 1 is 1.10 bits per heavy atom. The van der Waals surface area contributed by atoms with E-state index in [4.69, 9.17) is 14.2 Å². The van der Waals surface area contributed by atoms with Crippen LogP contribution in [0.3, 0.4) is 0 Å². The molecule has 12 heteroatoms. The van der Waals surface area contributed by atoms with Crippen molar-refractivity contribution in [1.82, 2.24) is 20.2 Å². The molecule has 1 aliphatic rings. The molecule has 0 saturated carbocycles. The van der Waals surface area contributed by atoms with Gasteiger partial charge in [0.1, 0.15) is 23.7 Å². The summed E-state index contributed by atoms with van der Waals surface area (Å²) in [5, 5.41) is 5.90. The van der Waals surface area contributed by atoms with E-state index in [9.17, 15) is 18.0 Å². The average Bonchev–Trinajstić information content (AvgIpc) is 2.93. The molecule has 39 heavy (non-hydrogen) atoms. The van der Waals surface area contributed by atoms with E-state index < -0.39 is 17.6 Å². The third-order valence-corrected chi connectivity index (χ3v) is 6.33. The number of benzene rings is 2. The molecule has 1 amide bonds. The van der Waals surface area contributed by atoms with Crippen LogP contribution in [0.4, 0.5) is 24.8 Å². The van der Waals surface area contributed by atoms with E-state index in [0.29, 0.717) is 34.5 Å². The molecule has 2 aromatic carbocycles. The van der Waals surface area contributed by atoms with Crippen molar-refractivity contribution in [2.24, 2.45) is 0 Å². The number of aromatic nitrogens is 2. The van der Waals surface area contributed by atoms with Crippen LogP contribution in [-0.4, -0.2) is 61.2 Å². The summed E-state index contributed by atoms with van der Waals surface area (Å²) in [6.45, 7) is 1.66. The van der Waals surface area contributed by atoms with Crippen molar-refractivity contribution in [2.75, 3.05) is 39.7 Å². The SMILES string of the molecule is COc1cccc(COc2nc(Nc3ccc(C(=O)NC4CCN(C)CC4)cc3OC)ncc2C(F)(F)F)c1. The number of anilines is 2. The molecule has 1 saturated heterocycles. The number of hydrogen-bond acceptors (Lipinski definition) is 8. The monoisotopic (exact) mass is 545 g/mol. The first-order valence-corrected chi connectivity index (χ1v) is 12.3. The number of carbonyl (C=O) groups excluding carboxylic acids is 1. The van der Waals surface area contributed by atoms with E-state index in [2.05, 4.69) is 25.5 Å². The summed E-state index contributed by atoms with van der Waals surface area (Å²) in [4.78, 5) is 22.8. The Hall–Kier alpha value is -4.06. The predicted octanol–water partition coefficient (Wildman–Crippen LogP) is 4.66. The molecule has 0 radical (unpaired) electrons. The number of alkyl halides is 3. The van der Waals surface area contributed by atoms with Crippen molar-refractivity contribution >= 4 is 17.5 Å². The Bertz CT molecular complexity index is 1300. The fourth-order valence-electron chi connectivity index (χ4n) is 4.12. The maximum atomic E-state index is 13.6. The van der Waals surface area contributed by atoms with Gasteiger partial charge in [0.25, 0.3) is 5.91 Å². The number of nitrogens with one attached hydrogen (secondary N) is 2. The standard InChI is InChI=1S/C27H30F3N5O4/c1-35-11-9-19(10-12-35)32-24(36)18-7-8-22(23(14-18)38-3)33-26-31-15-21(27(28,29)30)25(34-26)39-16-17-5-4-6-20(13-17)37-2/h4-8,13-15,19H,9-12,16H2,1-3H3,(H,32,36)(H,31,33,34). The van der Waals surface area contributed by atoms with E-state index in [0.717, 1.165) is 25.9 Å². The summed E-state index contributed by atoms with van der Waals surface area (Å²) < 4.78 is 56.9.